The minimum atomic E-state index is 0.00429. The standard InChI is InChI=1S/C15H20N4OS/c1-10(2)17-14(20)8-21-15-18-16-9-19(15)13-6-5-11(3)12(4)7-13/h5-7,9-10H,8H2,1-4H3,(H,17,20). The number of amides is 1. The Kier molecular flexibility index (Phi) is 5.01. The number of carbonyl (C=O) groups is 1. The van der Waals surface area contributed by atoms with Gasteiger partial charge in [-0.05, 0) is 51.0 Å². The maximum Gasteiger partial charge on any atom is 0.230 e. The number of benzene rings is 1. The van der Waals surface area contributed by atoms with Crippen molar-refractivity contribution in [1.82, 2.24) is 20.1 Å². The van der Waals surface area contributed by atoms with Gasteiger partial charge in [-0.15, -0.1) is 10.2 Å². The second kappa shape index (κ2) is 6.76. The third kappa shape index (κ3) is 4.07. The number of carbonyl (C=O) groups excluding carboxylic acids is 1. The molecule has 1 aromatic heterocycles. The second-order valence-corrected chi connectivity index (χ2v) is 6.21. The number of nitrogens with one attached hydrogen (secondary N) is 1. The number of aromatic nitrogens is 3. The third-order valence-corrected chi connectivity index (χ3v) is 4.01. The molecule has 0 aliphatic rings. The Bertz CT molecular complexity index is 636. The summed E-state index contributed by atoms with van der Waals surface area (Å²) in [7, 11) is 0. The van der Waals surface area contributed by atoms with Gasteiger partial charge in [-0.1, -0.05) is 17.8 Å². The lowest BCUT2D eigenvalue weighted by atomic mass is 10.1. The molecule has 0 radical (unpaired) electrons. The molecule has 0 bridgehead atoms. The molecule has 1 amide bonds. The molecular weight excluding hydrogens is 284 g/mol. The van der Waals surface area contributed by atoms with Crippen molar-refractivity contribution < 1.29 is 4.79 Å². The second-order valence-electron chi connectivity index (χ2n) is 5.26. The van der Waals surface area contributed by atoms with Crippen molar-refractivity contribution in [2.24, 2.45) is 0 Å². The molecule has 1 heterocycles. The van der Waals surface area contributed by atoms with Gasteiger partial charge in [-0.25, -0.2) is 0 Å². The number of hydrogen-bond donors (Lipinski definition) is 1. The van der Waals surface area contributed by atoms with Crippen LogP contribution in [0.1, 0.15) is 25.0 Å². The van der Waals surface area contributed by atoms with Crippen molar-refractivity contribution in [2.75, 3.05) is 5.75 Å². The normalized spacial score (nSPS) is 10.9. The van der Waals surface area contributed by atoms with Gasteiger partial charge in [0, 0.05) is 11.7 Å². The summed E-state index contributed by atoms with van der Waals surface area (Å²) in [4.78, 5) is 11.7. The van der Waals surface area contributed by atoms with E-state index in [0.29, 0.717) is 5.75 Å². The van der Waals surface area contributed by atoms with Crippen molar-refractivity contribution in [3.05, 3.63) is 35.7 Å². The van der Waals surface area contributed by atoms with Gasteiger partial charge in [0.15, 0.2) is 5.16 Å². The zero-order valence-corrected chi connectivity index (χ0v) is 13.6. The lowest BCUT2D eigenvalue weighted by Gasteiger charge is -2.10. The average molecular weight is 304 g/mol. The number of hydrogen-bond acceptors (Lipinski definition) is 4. The molecule has 2 rings (SSSR count). The van der Waals surface area contributed by atoms with Gasteiger partial charge in [-0.2, -0.15) is 0 Å². The first-order valence-electron chi connectivity index (χ1n) is 6.87. The molecule has 0 saturated heterocycles. The Morgan fingerprint density at radius 3 is 2.76 bits per heavy atom. The maximum atomic E-state index is 11.7. The zero-order valence-electron chi connectivity index (χ0n) is 12.8. The number of nitrogens with zero attached hydrogens (tertiary/aromatic N) is 3. The molecule has 21 heavy (non-hydrogen) atoms. The molecule has 0 spiro atoms. The van der Waals surface area contributed by atoms with Crippen LogP contribution in [-0.4, -0.2) is 32.5 Å². The molecule has 112 valence electrons. The van der Waals surface area contributed by atoms with Gasteiger partial charge < -0.3 is 5.32 Å². The largest absolute Gasteiger partial charge is 0.353 e. The number of aryl methyl sites for hydroxylation is 2. The van der Waals surface area contributed by atoms with Crippen molar-refractivity contribution in [3.8, 4) is 5.69 Å². The van der Waals surface area contributed by atoms with E-state index in [1.165, 1.54) is 22.9 Å². The first kappa shape index (κ1) is 15.6. The van der Waals surface area contributed by atoms with Crippen molar-refractivity contribution >= 4 is 17.7 Å². The quantitative estimate of drug-likeness (QED) is 0.862. The van der Waals surface area contributed by atoms with Gasteiger partial charge in [0.25, 0.3) is 0 Å². The summed E-state index contributed by atoms with van der Waals surface area (Å²) in [5, 5.41) is 11.6. The van der Waals surface area contributed by atoms with Gasteiger partial charge >= 0.3 is 0 Å². The fourth-order valence-corrected chi connectivity index (χ4v) is 2.61. The summed E-state index contributed by atoms with van der Waals surface area (Å²) in [6, 6.07) is 6.35. The van der Waals surface area contributed by atoms with E-state index in [0.717, 1.165) is 10.8 Å². The summed E-state index contributed by atoms with van der Waals surface area (Å²) in [5.41, 5.74) is 3.47. The predicted molar refractivity (Wildman–Crippen MR) is 84.8 cm³/mol. The smallest absolute Gasteiger partial charge is 0.230 e. The van der Waals surface area contributed by atoms with Crippen LogP contribution in [0.2, 0.25) is 0 Å². The van der Waals surface area contributed by atoms with Gasteiger partial charge in [0.2, 0.25) is 5.91 Å². The Hall–Kier alpha value is -1.82. The highest BCUT2D eigenvalue weighted by Gasteiger charge is 2.11. The molecule has 0 aliphatic carbocycles. The van der Waals surface area contributed by atoms with Crippen LogP contribution in [0.25, 0.3) is 5.69 Å². The summed E-state index contributed by atoms with van der Waals surface area (Å²) >= 11 is 1.39. The lowest BCUT2D eigenvalue weighted by molar-refractivity contribution is -0.119. The average Bonchev–Trinajstić information content (AvgIpc) is 2.87. The highest BCUT2D eigenvalue weighted by atomic mass is 32.2. The minimum Gasteiger partial charge on any atom is -0.353 e. The Labute approximate surface area is 129 Å². The van der Waals surface area contributed by atoms with Crippen molar-refractivity contribution in [1.29, 1.82) is 0 Å². The van der Waals surface area contributed by atoms with Crippen LogP contribution in [-0.2, 0) is 4.79 Å². The summed E-state index contributed by atoms with van der Waals surface area (Å²) in [5.74, 6) is 0.339. The monoisotopic (exact) mass is 304 g/mol. The van der Waals surface area contributed by atoms with Crippen LogP contribution in [0.15, 0.2) is 29.7 Å². The van der Waals surface area contributed by atoms with Gasteiger partial charge in [0.05, 0.1) is 5.75 Å². The van der Waals surface area contributed by atoms with E-state index in [4.69, 9.17) is 0 Å². The van der Waals surface area contributed by atoms with Gasteiger partial charge in [-0.3, -0.25) is 9.36 Å². The summed E-state index contributed by atoms with van der Waals surface area (Å²) in [6.45, 7) is 8.05. The van der Waals surface area contributed by atoms with E-state index in [1.807, 2.05) is 24.5 Å². The Balaban J connectivity index is 2.11. The Morgan fingerprint density at radius 1 is 1.33 bits per heavy atom. The van der Waals surface area contributed by atoms with Crippen LogP contribution in [0.4, 0.5) is 0 Å². The van der Waals surface area contributed by atoms with E-state index < -0.39 is 0 Å². The van der Waals surface area contributed by atoms with Crippen LogP contribution in [0, 0.1) is 13.8 Å². The number of rotatable bonds is 5. The van der Waals surface area contributed by atoms with E-state index in [9.17, 15) is 4.79 Å². The lowest BCUT2D eigenvalue weighted by Crippen LogP contribution is -2.31. The van der Waals surface area contributed by atoms with Crippen LogP contribution in [0.3, 0.4) is 0 Å². The van der Waals surface area contributed by atoms with Crippen molar-refractivity contribution in [3.63, 3.8) is 0 Å². The van der Waals surface area contributed by atoms with E-state index >= 15 is 0 Å². The summed E-state index contributed by atoms with van der Waals surface area (Å²) < 4.78 is 1.90. The van der Waals surface area contributed by atoms with E-state index in [2.05, 4.69) is 41.5 Å². The van der Waals surface area contributed by atoms with E-state index in [-0.39, 0.29) is 11.9 Å². The predicted octanol–water partition coefficient (Wildman–Crippen LogP) is 2.50. The highest BCUT2D eigenvalue weighted by Crippen LogP contribution is 2.21. The van der Waals surface area contributed by atoms with Crippen LogP contribution in [0.5, 0.6) is 0 Å². The van der Waals surface area contributed by atoms with Gasteiger partial charge in [0.1, 0.15) is 6.33 Å². The fraction of sp³-hybridized carbons (Fsp3) is 0.400. The summed E-state index contributed by atoms with van der Waals surface area (Å²) in [6.07, 6.45) is 1.67. The minimum absolute atomic E-state index is 0.00429. The highest BCUT2D eigenvalue weighted by molar-refractivity contribution is 7.99. The molecule has 0 fully saturated rings. The Morgan fingerprint density at radius 2 is 2.10 bits per heavy atom. The molecule has 0 saturated carbocycles. The molecule has 0 aliphatic heterocycles. The first-order chi connectivity index (χ1) is 9.97. The molecular formula is C15H20N4OS. The first-order valence-corrected chi connectivity index (χ1v) is 7.85. The molecule has 6 heteroatoms. The third-order valence-electron chi connectivity index (χ3n) is 3.07. The van der Waals surface area contributed by atoms with Crippen LogP contribution < -0.4 is 5.32 Å². The van der Waals surface area contributed by atoms with Crippen LogP contribution >= 0.6 is 11.8 Å². The molecule has 1 aromatic carbocycles. The number of thioether (sulfide) groups is 1. The molecule has 2 aromatic rings. The topological polar surface area (TPSA) is 59.8 Å². The molecule has 0 unspecified atom stereocenters. The van der Waals surface area contributed by atoms with Crippen molar-refractivity contribution in [2.45, 2.75) is 38.9 Å². The molecule has 5 nitrogen and oxygen atoms in total. The molecule has 0 atom stereocenters. The van der Waals surface area contributed by atoms with E-state index in [1.54, 1.807) is 6.33 Å². The fourth-order valence-electron chi connectivity index (χ4n) is 1.87. The SMILES string of the molecule is Cc1ccc(-n2cnnc2SCC(=O)NC(C)C)cc1C. The maximum absolute atomic E-state index is 11.7. The zero-order chi connectivity index (χ0) is 15.4. The molecule has 1 N–H and O–H groups in total.